The van der Waals surface area contributed by atoms with Crippen molar-refractivity contribution in [1.29, 1.82) is 0 Å². The Morgan fingerprint density at radius 1 is 1.18 bits per heavy atom. The molecule has 1 atom stereocenters. The fourth-order valence-corrected chi connectivity index (χ4v) is 6.13. The van der Waals surface area contributed by atoms with Crippen LogP contribution in [0.3, 0.4) is 0 Å². The number of ether oxygens (including phenoxy) is 1. The van der Waals surface area contributed by atoms with E-state index < -0.39 is 0 Å². The van der Waals surface area contributed by atoms with Crippen molar-refractivity contribution >= 4 is 46.1 Å². The molecule has 5 nitrogen and oxygen atoms in total. The van der Waals surface area contributed by atoms with Crippen molar-refractivity contribution < 1.29 is 14.3 Å². The maximum Gasteiger partial charge on any atom is 0.264 e. The molecule has 0 N–H and O–H groups in total. The van der Waals surface area contributed by atoms with Crippen LogP contribution in [-0.2, 0) is 11.2 Å². The fraction of sp³-hybridized carbons (Fsp3) is 0.385. The predicted octanol–water partition coefficient (Wildman–Crippen LogP) is 5.83. The van der Waals surface area contributed by atoms with Gasteiger partial charge in [-0.3, -0.25) is 9.59 Å². The molecule has 34 heavy (non-hydrogen) atoms. The third kappa shape index (κ3) is 5.16. The number of hydrogen-bond donors (Lipinski definition) is 0. The Bertz CT molecular complexity index is 1170. The highest BCUT2D eigenvalue weighted by Gasteiger charge is 2.35. The molecule has 0 unspecified atom stereocenters. The molecule has 2 aliphatic rings. The molecule has 3 heterocycles. The lowest BCUT2D eigenvalue weighted by Crippen LogP contribution is -2.48. The van der Waals surface area contributed by atoms with Gasteiger partial charge in [0.15, 0.2) is 0 Å². The van der Waals surface area contributed by atoms with Gasteiger partial charge in [0.25, 0.3) is 5.91 Å². The van der Waals surface area contributed by atoms with E-state index in [0.29, 0.717) is 35.5 Å². The molecule has 2 amide bonds. The van der Waals surface area contributed by atoms with Crippen molar-refractivity contribution in [2.24, 2.45) is 5.92 Å². The molecule has 1 aromatic carbocycles. The molecule has 8 heteroatoms. The van der Waals surface area contributed by atoms with E-state index in [1.807, 2.05) is 47.5 Å². The van der Waals surface area contributed by atoms with Crippen LogP contribution in [-0.4, -0.2) is 47.9 Å². The van der Waals surface area contributed by atoms with Gasteiger partial charge in [-0.15, -0.1) is 22.7 Å². The number of benzene rings is 1. The molecule has 0 saturated heterocycles. The quantitative estimate of drug-likeness (QED) is 0.380. The van der Waals surface area contributed by atoms with E-state index in [0.717, 1.165) is 36.1 Å². The van der Waals surface area contributed by atoms with E-state index in [9.17, 15) is 9.59 Å². The maximum atomic E-state index is 13.6. The lowest BCUT2D eigenvalue weighted by molar-refractivity contribution is -0.135. The summed E-state index contributed by atoms with van der Waals surface area (Å²) in [5.41, 5.74) is 2.10. The minimum atomic E-state index is -0.182. The van der Waals surface area contributed by atoms with Crippen LogP contribution in [0.15, 0.2) is 47.2 Å². The van der Waals surface area contributed by atoms with Crippen molar-refractivity contribution in [3.05, 3.63) is 73.1 Å². The third-order valence-corrected chi connectivity index (χ3v) is 8.75. The Morgan fingerprint density at radius 3 is 2.76 bits per heavy atom. The number of nitrogens with zero attached hydrogens (tertiary/aromatic N) is 2. The monoisotopic (exact) mass is 514 g/mol. The number of thiophene rings is 2. The summed E-state index contributed by atoms with van der Waals surface area (Å²) in [6, 6.07) is 11.2. The van der Waals surface area contributed by atoms with E-state index in [1.54, 1.807) is 16.2 Å². The van der Waals surface area contributed by atoms with Gasteiger partial charge < -0.3 is 14.5 Å². The lowest BCUT2D eigenvalue weighted by atomic mass is 10.0. The van der Waals surface area contributed by atoms with Crippen molar-refractivity contribution in [1.82, 2.24) is 9.80 Å². The Morgan fingerprint density at radius 2 is 2.03 bits per heavy atom. The molecule has 1 aliphatic carbocycles. The zero-order chi connectivity index (χ0) is 23.7. The highest BCUT2D eigenvalue weighted by molar-refractivity contribution is 7.12. The number of carbonyl (C=O) groups is 2. The lowest BCUT2D eigenvalue weighted by Gasteiger charge is -2.37. The summed E-state index contributed by atoms with van der Waals surface area (Å²) in [5.74, 6) is 1.17. The first-order chi connectivity index (χ1) is 16.5. The Balaban J connectivity index is 1.33. The van der Waals surface area contributed by atoms with Crippen LogP contribution in [0.1, 0.15) is 44.6 Å². The average molecular weight is 515 g/mol. The van der Waals surface area contributed by atoms with Crippen molar-refractivity contribution in [3.63, 3.8) is 0 Å². The first-order valence-electron chi connectivity index (χ1n) is 11.6. The van der Waals surface area contributed by atoms with Crippen LogP contribution in [0.2, 0.25) is 5.02 Å². The number of fused-ring (bicyclic) bond motifs is 1. The van der Waals surface area contributed by atoms with Crippen molar-refractivity contribution in [2.75, 3.05) is 26.2 Å². The number of halogens is 1. The molecule has 1 aliphatic heterocycles. The zero-order valence-electron chi connectivity index (χ0n) is 19.0. The summed E-state index contributed by atoms with van der Waals surface area (Å²) in [6.07, 6.45) is 3.08. The molecular formula is C26H27ClN2O3S2. The van der Waals surface area contributed by atoms with Gasteiger partial charge in [0, 0.05) is 23.0 Å². The predicted molar refractivity (Wildman–Crippen MR) is 137 cm³/mol. The number of hydrogen-bond acceptors (Lipinski definition) is 5. The van der Waals surface area contributed by atoms with Gasteiger partial charge in [0.05, 0.1) is 10.9 Å². The molecule has 0 bridgehead atoms. The SMILES string of the molecule is Cc1cc(OC[C@@H]2c3ccsc3CCN2C(=O)CN(CC2CC2)C(=O)c2cccs2)ccc1Cl. The molecule has 178 valence electrons. The van der Waals surface area contributed by atoms with Gasteiger partial charge in [-0.25, -0.2) is 0 Å². The Labute approximate surface area is 212 Å². The van der Waals surface area contributed by atoms with Crippen LogP contribution in [0.25, 0.3) is 0 Å². The van der Waals surface area contributed by atoms with Crippen LogP contribution < -0.4 is 4.74 Å². The molecule has 0 radical (unpaired) electrons. The van der Waals surface area contributed by atoms with Crippen LogP contribution >= 0.6 is 34.3 Å². The molecular weight excluding hydrogens is 488 g/mol. The first kappa shape index (κ1) is 23.4. The third-order valence-electron chi connectivity index (χ3n) is 6.47. The maximum absolute atomic E-state index is 13.6. The fourth-order valence-electron chi connectivity index (χ4n) is 4.40. The van der Waals surface area contributed by atoms with Crippen molar-refractivity contribution in [2.45, 2.75) is 32.2 Å². The number of carbonyl (C=O) groups excluding carboxylic acids is 2. The van der Waals surface area contributed by atoms with Gasteiger partial charge in [-0.1, -0.05) is 17.7 Å². The molecule has 5 rings (SSSR count). The van der Waals surface area contributed by atoms with E-state index in [-0.39, 0.29) is 24.4 Å². The zero-order valence-corrected chi connectivity index (χ0v) is 21.4. The minimum absolute atomic E-state index is 0.0247. The second-order valence-electron chi connectivity index (χ2n) is 8.98. The van der Waals surface area contributed by atoms with Crippen LogP contribution in [0.4, 0.5) is 0 Å². The summed E-state index contributed by atoms with van der Waals surface area (Å²) in [6.45, 7) is 3.68. The normalized spacial score (nSPS) is 17.4. The smallest absolute Gasteiger partial charge is 0.264 e. The summed E-state index contributed by atoms with van der Waals surface area (Å²) in [5, 5.41) is 4.68. The summed E-state index contributed by atoms with van der Waals surface area (Å²) < 4.78 is 6.15. The van der Waals surface area contributed by atoms with Gasteiger partial charge >= 0.3 is 0 Å². The standard InChI is InChI=1S/C26H27ClN2O3S2/c1-17-13-19(6-7-21(17)27)32-16-22-20-9-12-34-23(20)8-10-29(22)25(30)15-28(14-18-4-5-18)26(31)24-3-2-11-33-24/h2-3,6-7,9,11-13,18,22H,4-5,8,10,14-16H2,1H3/t22-/m1/s1. The molecule has 3 aromatic rings. The largest absolute Gasteiger partial charge is 0.491 e. The summed E-state index contributed by atoms with van der Waals surface area (Å²) in [7, 11) is 0. The number of rotatable bonds is 8. The van der Waals surface area contributed by atoms with E-state index in [2.05, 4.69) is 11.4 Å². The van der Waals surface area contributed by atoms with Crippen molar-refractivity contribution in [3.8, 4) is 5.75 Å². The van der Waals surface area contributed by atoms with E-state index in [1.165, 1.54) is 16.2 Å². The molecule has 1 fully saturated rings. The topological polar surface area (TPSA) is 49.9 Å². The Kier molecular flexibility index (Phi) is 6.95. The second kappa shape index (κ2) is 10.1. The Hall–Kier alpha value is -2.35. The second-order valence-corrected chi connectivity index (χ2v) is 11.3. The van der Waals surface area contributed by atoms with Crippen LogP contribution in [0, 0.1) is 12.8 Å². The minimum Gasteiger partial charge on any atom is -0.491 e. The van der Waals surface area contributed by atoms with Gasteiger partial charge in [-0.2, -0.15) is 0 Å². The van der Waals surface area contributed by atoms with E-state index in [4.69, 9.17) is 16.3 Å². The molecule has 2 aromatic heterocycles. The number of aryl methyl sites for hydroxylation is 1. The van der Waals surface area contributed by atoms with Gasteiger partial charge in [0.2, 0.25) is 5.91 Å². The summed E-state index contributed by atoms with van der Waals surface area (Å²) >= 11 is 9.31. The summed E-state index contributed by atoms with van der Waals surface area (Å²) in [4.78, 5) is 32.4. The molecule has 0 spiro atoms. The first-order valence-corrected chi connectivity index (χ1v) is 13.7. The van der Waals surface area contributed by atoms with E-state index >= 15 is 0 Å². The number of amides is 2. The van der Waals surface area contributed by atoms with Crippen LogP contribution in [0.5, 0.6) is 5.75 Å². The van der Waals surface area contributed by atoms with Gasteiger partial charge in [0.1, 0.15) is 18.9 Å². The molecule has 1 saturated carbocycles. The average Bonchev–Trinajstić information content (AvgIpc) is 3.27. The van der Waals surface area contributed by atoms with Gasteiger partial charge in [-0.05, 0) is 84.3 Å². The highest BCUT2D eigenvalue weighted by atomic mass is 35.5. The highest BCUT2D eigenvalue weighted by Crippen LogP contribution is 2.35.